The molecule has 40 heavy (non-hydrogen) atoms. The van der Waals surface area contributed by atoms with Crippen LogP contribution in [0.25, 0.3) is 0 Å². The van der Waals surface area contributed by atoms with Crippen LogP contribution in [0.1, 0.15) is 37.8 Å². The van der Waals surface area contributed by atoms with Gasteiger partial charge in [-0.25, -0.2) is 13.2 Å². The maximum absolute atomic E-state index is 13.8. The number of sulfonamides is 1. The molecule has 1 amide bonds. The zero-order valence-corrected chi connectivity index (χ0v) is 24.1. The van der Waals surface area contributed by atoms with Crippen molar-refractivity contribution in [2.45, 2.75) is 63.2 Å². The summed E-state index contributed by atoms with van der Waals surface area (Å²) in [5.74, 6) is 0. The zero-order valence-electron chi connectivity index (χ0n) is 23.3. The standard InChI is InChI=1S/C29H39N3O7S/c1-22-10-12-25(13-11-22)40(35,36)32(20-29(2,3)14-7-15-30)17-27(33)26(16-23-8-5-4-6-9-23)31-28(34)39-24-18-37-21-38-19-24/h4-6,8-13,24,26-27,33H,7,14,16-21H2,1-3H3,(H,31,34). The van der Waals surface area contributed by atoms with Crippen LogP contribution in [0.15, 0.2) is 59.5 Å². The zero-order chi connectivity index (χ0) is 29.2. The van der Waals surface area contributed by atoms with Crippen LogP contribution < -0.4 is 5.32 Å². The highest BCUT2D eigenvalue weighted by molar-refractivity contribution is 7.89. The van der Waals surface area contributed by atoms with Gasteiger partial charge in [-0.1, -0.05) is 61.9 Å². The largest absolute Gasteiger partial charge is 0.441 e. The molecule has 0 bridgehead atoms. The maximum Gasteiger partial charge on any atom is 0.407 e. The number of carbonyl (C=O) groups is 1. The van der Waals surface area contributed by atoms with Crippen molar-refractivity contribution in [3.05, 3.63) is 65.7 Å². The minimum atomic E-state index is -4.02. The number of nitriles is 1. The van der Waals surface area contributed by atoms with E-state index in [2.05, 4.69) is 11.4 Å². The highest BCUT2D eigenvalue weighted by Crippen LogP contribution is 2.28. The Bertz CT molecular complexity index is 1220. The van der Waals surface area contributed by atoms with E-state index in [-0.39, 0.29) is 50.8 Å². The van der Waals surface area contributed by atoms with Crippen LogP contribution in [0.3, 0.4) is 0 Å². The van der Waals surface area contributed by atoms with E-state index in [0.29, 0.717) is 6.42 Å². The second-order valence-electron chi connectivity index (χ2n) is 10.8. The van der Waals surface area contributed by atoms with Gasteiger partial charge in [0, 0.05) is 19.5 Å². The van der Waals surface area contributed by atoms with Crippen LogP contribution in [0.4, 0.5) is 4.79 Å². The number of ether oxygens (including phenoxy) is 3. The van der Waals surface area contributed by atoms with Gasteiger partial charge in [-0.3, -0.25) is 0 Å². The van der Waals surface area contributed by atoms with E-state index in [9.17, 15) is 18.3 Å². The molecule has 1 aliphatic heterocycles. The Kier molecular flexibility index (Phi) is 11.5. The Morgan fingerprint density at radius 3 is 2.45 bits per heavy atom. The summed E-state index contributed by atoms with van der Waals surface area (Å²) in [6.07, 6.45) is -1.65. The van der Waals surface area contributed by atoms with Crippen molar-refractivity contribution < 1.29 is 32.5 Å². The number of benzene rings is 2. The second-order valence-corrected chi connectivity index (χ2v) is 12.8. The lowest BCUT2D eigenvalue weighted by molar-refractivity contribution is -0.151. The van der Waals surface area contributed by atoms with Crippen LogP contribution >= 0.6 is 0 Å². The minimum absolute atomic E-state index is 0.0706. The average molecular weight is 574 g/mol. The average Bonchev–Trinajstić information content (AvgIpc) is 2.92. The van der Waals surface area contributed by atoms with E-state index in [0.717, 1.165) is 11.1 Å². The van der Waals surface area contributed by atoms with Crippen molar-refractivity contribution >= 4 is 16.1 Å². The van der Waals surface area contributed by atoms with Gasteiger partial charge in [0.25, 0.3) is 0 Å². The summed E-state index contributed by atoms with van der Waals surface area (Å²) in [5.41, 5.74) is 1.22. The molecule has 0 saturated carbocycles. The Balaban J connectivity index is 1.86. The molecule has 1 aliphatic rings. The Morgan fingerprint density at radius 1 is 1.18 bits per heavy atom. The fourth-order valence-corrected chi connectivity index (χ4v) is 6.06. The number of aliphatic hydroxyl groups is 1. The van der Waals surface area contributed by atoms with E-state index >= 15 is 0 Å². The van der Waals surface area contributed by atoms with Crippen LogP contribution in [0.2, 0.25) is 0 Å². The molecule has 10 nitrogen and oxygen atoms in total. The molecule has 1 fully saturated rings. The van der Waals surface area contributed by atoms with Gasteiger partial charge < -0.3 is 24.6 Å². The molecule has 2 atom stereocenters. The van der Waals surface area contributed by atoms with Gasteiger partial charge in [0.1, 0.15) is 6.79 Å². The molecule has 1 heterocycles. The van der Waals surface area contributed by atoms with Gasteiger partial charge >= 0.3 is 6.09 Å². The summed E-state index contributed by atoms with van der Waals surface area (Å²) in [6.45, 7) is 5.96. The molecule has 2 N–H and O–H groups in total. The topological polar surface area (TPSA) is 138 Å². The fraction of sp³-hybridized carbons (Fsp3) is 0.517. The summed E-state index contributed by atoms with van der Waals surface area (Å²) in [6, 6.07) is 17.1. The molecule has 218 valence electrons. The highest BCUT2D eigenvalue weighted by Gasteiger charge is 2.35. The first-order chi connectivity index (χ1) is 19.0. The molecule has 0 spiro atoms. The number of hydrogen-bond donors (Lipinski definition) is 2. The number of hydrogen-bond acceptors (Lipinski definition) is 8. The number of alkyl carbamates (subject to hydrolysis) is 1. The van der Waals surface area contributed by atoms with Gasteiger partial charge in [0.2, 0.25) is 10.0 Å². The summed E-state index contributed by atoms with van der Waals surface area (Å²) in [7, 11) is -4.02. The molecule has 0 radical (unpaired) electrons. The summed E-state index contributed by atoms with van der Waals surface area (Å²) in [5, 5.41) is 23.3. The third kappa shape index (κ3) is 9.57. The number of rotatable bonds is 13. The van der Waals surface area contributed by atoms with Gasteiger partial charge in [0.15, 0.2) is 6.10 Å². The lowest BCUT2D eigenvalue weighted by Crippen LogP contribution is -2.52. The molecule has 0 aromatic heterocycles. The smallest absolute Gasteiger partial charge is 0.407 e. The van der Waals surface area contributed by atoms with Crippen LogP contribution in [0, 0.1) is 23.7 Å². The van der Waals surface area contributed by atoms with E-state index in [1.54, 1.807) is 12.1 Å². The molecule has 1 saturated heterocycles. The third-order valence-electron chi connectivity index (χ3n) is 6.68. The predicted octanol–water partition coefficient (Wildman–Crippen LogP) is 3.39. The second kappa shape index (κ2) is 14.6. The quantitative estimate of drug-likeness (QED) is 0.372. The van der Waals surface area contributed by atoms with Crippen LogP contribution in [-0.4, -0.2) is 75.3 Å². The number of aliphatic hydroxyl groups excluding tert-OH is 1. The number of nitrogens with one attached hydrogen (secondary N) is 1. The van der Waals surface area contributed by atoms with Crippen molar-refractivity contribution in [2.75, 3.05) is 33.1 Å². The lowest BCUT2D eigenvalue weighted by Gasteiger charge is -2.35. The van der Waals surface area contributed by atoms with Gasteiger partial charge in [0.05, 0.1) is 36.3 Å². The van der Waals surface area contributed by atoms with Crippen molar-refractivity contribution in [1.29, 1.82) is 5.26 Å². The molecule has 3 rings (SSSR count). The third-order valence-corrected chi connectivity index (χ3v) is 8.51. The Labute approximate surface area is 236 Å². The number of amides is 1. The number of aryl methyl sites for hydroxylation is 1. The predicted molar refractivity (Wildman–Crippen MR) is 149 cm³/mol. The molecule has 2 aromatic rings. The molecule has 2 aromatic carbocycles. The molecular formula is C29H39N3O7S. The first-order valence-electron chi connectivity index (χ1n) is 13.3. The van der Waals surface area contributed by atoms with E-state index in [4.69, 9.17) is 19.5 Å². The van der Waals surface area contributed by atoms with Crippen molar-refractivity contribution in [3.63, 3.8) is 0 Å². The van der Waals surface area contributed by atoms with E-state index < -0.39 is 39.8 Å². The van der Waals surface area contributed by atoms with Crippen molar-refractivity contribution in [1.82, 2.24) is 9.62 Å². The maximum atomic E-state index is 13.8. The molecular weight excluding hydrogens is 534 g/mol. The number of nitrogens with zero attached hydrogens (tertiary/aromatic N) is 2. The van der Waals surface area contributed by atoms with Crippen molar-refractivity contribution in [3.8, 4) is 6.07 Å². The van der Waals surface area contributed by atoms with Crippen LogP contribution in [0.5, 0.6) is 0 Å². The summed E-state index contributed by atoms with van der Waals surface area (Å²) < 4.78 is 44.6. The Hall–Kier alpha value is -3.01. The molecule has 0 aliphatic carbocycles. The first-order valence-corrected chi connectivity index (χ1v) is 14.7. The van der Waals surface area contributed by atoms with Crippen molar-refractivity contribution in [2.24, 2.45) is 5.41 Å². The summed E-state index contributed by atoms with van der Waals surface area (Å²) >= 11 is 0. The summed E-state index contributed by atoms with van der Waals surface area (Å²) in [4.78, 5) is 12.9. The van der Waals surface area contributed by atoms with E-state index in [1.807, 2.05) is 51.1 Å². The molecule has 11 heteroatoms. The molecule has 2 unspecified atom stereocenters. The van der Waals surface area contributed by atoms with Crippen LogP contribution in [-0.2, 0) is 30.7 Å². The minimum Gasteiger partial charge on any atom is -0.441 e. The van der Waals surface area contributed by atoms with Gasteiger partial charge in [-0.2, -0.15) is 9.57 Å². The SMILES string of the molecule is Cc1ccc(S(=O)(=O)N(CC(O)C(Cc2ccccc2)NC(=O)OC2COCOC2)CC(C)(C)CCC#N)cc1. The first kappa shape index (κ1) is 31.5. The Morgan fingerprint density at radius 2 is 1.82 bits per heavy atom. The van der Waals surface area contributed by atoms with Gasteiger partial charge in [-0.15, -0.1) is 0 Å². The van der Waals surface area contributed by atoms with Gasteiger partial charge in [-0.05, 0) is 42.9 Å². The number of carbonyl (C=O) groups excluding carboxylic acids is 1. The highest BCUT2D eigenvalue weighted by atomic mass is 32.2. The lowest BCUT2D eigenvalue weighted by atomic mass is 9.88. The fourth-order valence-electron chi connectivity index (χ4n) is 4.42. The monoisotopic (exact) mass is 573 g/mol. The normalized spacial score (nSPS) is 16.2. The van der Waals surface area contributed by atoms with E-state index in [1.165, 1.54) is 16.4 Å².